The third-order valence-corrected chi connectivity index (χ3v) is 2.38. The number of halogens is 1. The fraction of sp³-hybridized carbons (Fsp3) is 0.200. The van der Waals surface area contributed by atoms with Crippen molar-refractivity contribution in [2.24, 2.45) is 0 Å². The summed E-state index contributed by atoms with van der Waals surface area (Å²) in [5.41, 5.74) is 2.15. The van der Waals surface area contributed by atoms with Gasteiger partial charge in [0, 0.05) is 5.56 Å². The number of carbonyl (C=O) groups excluding carboxylic acids is 1. The van der Waals surface area contributed by atoms with Crippen molar-refractivity contribution in [3.05, 3.63) is 28.5 Å². The number of Topliss-reactive ketones (excluding diaryl/α,β-unsaturated/α-hetero) is 1. The molecule has 1 N–H and O–H groups in total. The Labute approximate surface area is 86.1 Å². The number of hydrogen-bond acceptors (Lipinski definition) is 2. The molecule has 72 valence electrons. The number of aromatic amines is 1. The molecule has 0 unspecified atom stereocenters. The van der Waals surface area contributed by atoms with Crippen LogP contribution in [0.25, 0.3) is 11.0 Å². The zero-order valence-electron chi connectivity index (χ0n) is 7.89. The monoisotopic (exact) mass is 208 g/mol. The van der Waals surface area contributed by atoms with Gasteiger partial charge in [0.15, 0.2) is 5.78 Å². The third-order valence-electron chi connectivity index (χ3n) is 2.07. The summed E-state index contributed by atoms with van der Waals surface area (Å²) in [5.74, 6) is 0.773. The first-order valence-electron chi connectivity index (χ1n) is 4.25. The Morgan fingerprint density at radius 1 is 1.50 bits per heavy atom. The van der Waals surface area contributed by atoms with Crippen LogP contribution in [0.5, 0.6) is 0 Å². The van der Waals surface area contributed by atoms with Gasteiger partial charge in [0.05, 0.1) is 16.1 Å². The van der Waals surface area contributed by atoms with Crippen LogP contribution in [-0.4, -0.2) is 15.8 Å². The lowest BCUT2D eigenvalue weighted by atomic mass is 10.1. The molecule has 0 spiro atoms. The summed E-state index contributed by atoms with van der Waals surface area (Å²) in [6.07, 6.45) is 0. The molecule has 0 saturated carbocycles. The Balaban J connectivity index is 2.76. The van der Waals surface area contributed by atoms with E-state index in [2.05, 4.69) is 9.97 Å². The smallest absolute Gasteiger partial charge is 0.161 e. The van der Waals surface area contributed by atoms with Gasteiger partial charge in [-0.05, 0) is 26.0 Å². The summed E-state index contributed by atoms with van der Waals surface area (Å²) in [6, 6.07) is 3.44. The van der Waals surface area contributed by atoms with E-state index in [9.17, 15) is 4.79 Å². The van der Waals surface area contributed by atoms with Crippen LogP contribution in [0.2, 0.25) is 5.02 Å². The topological polar surface area (TPSA) is 45.8 Å². The summed E-state index contributed by atoms with van der Waals surface area (Å²) >= 11 is 5.94. The van der Waals surface area contributed by atoms with Gasteiger partial charge >= 0.3 is 0 Å². The predicted octanol–water partition coefficient (Wildman–Crippen LogP) is 2.73. The van der Waals surface area contributed by atoms with Crippen LogP contribution in [0.15, 0.2) is 12.1 Å². The number of fused-ring (bicyclic) bond motifs is 1. The molecule has 0 atom stereocenters. The Hall–Kier alpha value is -1.35. The average Bonchev–Trinajstić information content (AvgIpc) is 2.42. The maximum atomic E-state index is 11.2. The van der Waals surface area contributed by atoms with Crippen molar-refractivity contribution in [1.29, 1.82) is 0 Å². The lowest BCUT2D eigenvalue weighted by Crippen LogP contribution is -1.92. The maximum Gasteiger partial charge on any atom is 0.161 e. The SMILES string of the molecule is CC(=O)c1cc2nc(C)[nH]c2cc1Cl. The minimum atomic E-state index is -0.0439. The summed E-state index contributed by atoms with van der Waals surface area (Å²) in [5, 5.41) is 0.466. The molecule has 1 aromatic carbocycles. The summed E-state index contributed by atoms with van der Waals surface area (Å²) in [6.45, 7) is 3.36. The number of nitrogens with zero attached hydrogens (tertiary/aromatic N) is 1. The number of H-pyrrole nitrogens is 1. The average molecular weight is 209 g/mol. The molecule has 0 saturated heterocycles. The van der Waals surface area contributed by atoms with Gasteiger partial charge in [-0.3, -0.25) is 4.79 Å². The van der Waals surface area contributed by atoms with Crippen LogP contribution in [-0.2, 0) is 0 Å². The lowest BCUT2D eigenvalue weighted by Gasteiger charge is -1.98. The van der Waals surface area contributed by atoms with Gasteiger partial charge < -0.3 is 4.98 Å². The van der Waals surface area contributed by atoms with E-state index in [1.807, 2.05) is 6.92 Å². The summed E-state index contributed by atoms with van der Waals surface area (Å²) in [7, 11) is 0. The van der Waals surface area contributed by atoms with Crippen molar-refractivity contribution in [1.82, 2.24) is 9.97 Å². The van der Waals surface area contributed by atoms with E-state index < -0.39 is 0 Å². The summed E-state index contributed by atoms with van der Waals surface area (Å²) < 4.78 is 0. The molecule has 2 aromatic rings. The van der Waals surface area contributed by atoms with E-state index in [0.717, 1.165) is 16.9 Å². The summed E-state index contributed by atoms with van der Waals surface area (Å²) in [4.78, 5) is 18.5. The van der Waals surface area contributed by atoms with Crippen molar-refractivity contribution in [2.45, 2.75) is 13.8 Å². The first-order valence-corrected chi connectivity index (χ1v) is 4.62. The van der Waals surface area contributed by atoms with Crippen molar-refractivity contribution in [2.75, 3.05) is 0 Å². The highest BCUT2D eigenvalue weighted by Gasteiger charge is 2.09. The second kappa shape index (κ2) is 3.10. The van der Waals surface area contributed by atoms with Crippen LogP contribution in [0, 0.1) is 6.92 Å². The zero-order chi connectivity index (χ0) is 10.3. The van der Waals surface area contributed by atoms with Crippen molar-refractivity contribution in [3.8, 4) is 0 Å². The molecule has 14 heavy (non-hydrogen) atoms. The molecule has 1 aromatic heterocycles. The third kappa shape index (κ3) is 1.40. The van der Waals surface area contributed by atoms with Gasteiger partial charge in [-0.25, -0.2) is 4.98 Å². The largest absolute Gasteiger partial charge is 0.342 e. The fourth-order valence-electron chi connectivity index (χ4n) is 1.43. The van der Waals surface area contributed by atoms with E-state index in [-0.39, 0.29) is 5.78 Å². The number of aryl methyl sites for hydroxylation is 1. The number of nitrogens with one attached hydrogen (secondary N) is 1. The van der Waals surface area contributed by atoms with E-state index in [4.69, 9.17) is 11.6 Å². The first kappa shape index (κ1) is 9.21. The van der Waals surface area contributed by atoms with Gasteiger partial charge in [-0.2, -0.15) is 0 Å². The molecule has 0 aliphatic rings. The fourth-order valence-corrected chi connectivity index (χ4v) is 1.72. The Bertz CT molecular complexity index is 516. The lowest BCUT2D eigenvalue weighted by molar-refractivity contribution is 0.101. The van der Waals surface area contributed by atoms with Gasteiger partial charge in [0.2, 0.25) is 0 Å². The molecule has 3 nitrogen and oxygen atoms in total. The minimum absolute atomic E-state index is 0.0439. The minimum Gasteiger partial charge on any atom is -0.342 e. The number of aromatic nitrogens is 2. The van der Waals surface area contributed by atoms with Crippen LogP contribution in [0.3, 0.4) is 0 Å². The van der Waals surface area contributed by atoms with Gasteiger partial charge in [0.1, 0.15) is 5.82 Å². The van der Waals surface area contributed by atoms with Gasteiger partial charge in [-0.1, -0.05) is 11.6 Å². The highest BCUT2D eigenvalue weighted by Crippen LogP contribution is 2.22. The van der Waals surface area contributed by atoms with Gasteiger partial charge in [0.25, 0.3) is 0 Å². The molecule has 0 fully saturated rings. The molecule has 2 rings (SSSR count). The van der Waals surface area contributed by atoms with Crippen LogP contribution < -0.4 is 0 Å². The predicted molar refractivity (Wildman–Crippen MR) is 55.8 cm³/mol. The van der Waals surface area contributed by atoms with Crippen molar-refractivity contribution >= 4 is 28.4 Å². The van der Waals surface area contributed by atoms with Crippen LogP contribution in [0.1, 0.15) is 23.1 Å². The first-order chi connectivity index (χ1) is 6.58. The standard InChI is InChI=1S/C10H9ClN2O/c1-5(14)7-3-9-10(4-8(7)11)13-6(2)12-9/h3-4H,1-2H3,(H,12,13). The van der Waals surface area contributed by atoms with E-state index in [1.54, 1.807) is 12.1 Å². The Kier molecular flexibility index (Phi) is 2.04. The highest BCUT2D eigenvalue weighted by molar-refractivity contribution is 6.34. The normalized spacial score (nSPS) is 10.8. The number of carbonyl (C=O) groups is 1. The zero-order valence-corrected chi connectivity index (χ0v) is 8.64. The second-order valence-corrected chi connectivity index (χ2v) is 3.63. The number of ketones is 1. The second-order valence-electron chi connectivity index (χ2n) is 3.23. The molecule has 4 heteroatoms. The number of hydrogen-bond donors (Lipinski definition) is 1. The van der Waals surface area contributed by atoms with E-state index in [0.29, 0.717) is 10.6 Å². The molecule has 0 amide bonds. The van der Waals surface area contributed by atoms with Gasteiger partial charge in [-0.15, -0.1) is 0 Å². The maximum absolute atomic E-state index is 11.2. The molecule has 1 heterocycles. The van der Waals surface area contributed by atoms with Crippen molar-refractivity contribution < 1.29 is 4.79 Å². The number of rotatable bonds is 1. The highest BCUT2D eigenvalue weighted by atomic mass is 35.5. The molecule has 0 radical (unpaired) electrons. The van der Waals surface area contributed by atoms with E-state index in [1.165, 1.54) is 6.92 Å². The number of imidazole rings is 1. The van der Waals surface area contributed by atoms with E-state index >= 15 is 0 Å². The van der Waals surface area contributed by atoms with Crippen molar-refractivity contribution in [3.63, 3.8) is 0 Å². The van der Waals surface area contributed by atoms with Crippen LogP contribution >= 0.6 is 11.6 Å². The quantitative estimate of drug-likeness (QED) is 0.733. The molecule has 0 bridgehead atoms. The number of benzene rings is 1. The molecular weight excluding hydrogens is 200 g/mol. The Morgan fingerprint density at radius 3 is 2.86 bits per heavy atom. The molecular formula is C10H9ClN2O. The molecule has 0 aliphatic heterocycles. The molecule has 0 aliphatic carbocycles. The Morgan fingerprint density at radius 2 is 2.21 bits per heavy atom. The van der Waals surface area contributed by atoms with Crippen LogP contribution in [0.4, 0.5) is 0 Å².